The Kier molecular flexibility index (Phi) is 5.41. The monoisotopic (exact) mass is 370 g/mol. The highest BCUT2D eigenvalue weighted by Gasteiger charge is 2.23. The molecular formula is C19H19FN4O3. The number of nitrogens with two attached hydrogens (primary N) is 1. The Morgan fingerprint density at radius 2 is 2.07 bits per heavy atom. The number of aromatic nitrogens is 1. The number of rotatable bonds is 4. The molecule has 2 aromatic rings. The molecule has 0 saturated carbocycles. The van der Waals surface area contributed by atoms with E-state index in [0.717, 1.165) is 0 Å². The summed E-state index contributed by atoms with van der Waals surface area (Å²) >= 11 is 0. The van der Waals surface area contributed by atoms with Gasteiger partial charge in [-0.05, 0) is 12.1 Å². The highest BCUT2D eigenvalue weighted by molar-refractivity contribution is 5.66. The molecule has 1 aromatic carbocycles. The van der Waals surface area contributed by atoms with Crippen LogP contribution in [0.25, 0.3) is 11.3 Å². The number of anilines is 1. The normalized spacial score (nSPS) is 14.5. The van der Waals surface area contributed by atoms with Crippen LogP contribution in [0.1, 0.15) is 18.4 Å². The third kappa shape index (κ3) is 4.26. The Morgan fingerprint density at radius 3 is 2.67 bits per heavy atom. The summed E-state index contributed by atoms with van der Waals surface area (Å²) in [6.45, 7) is 1.28. The van der Waals surface area contributed by atoms with Gasteiger partial charge in [-0.25, -0.2) is 14.2 Å². The third-order valence-electron chi connectivity index (χ3n) is 4.46. The minimum atomic E-state index is -0.766. The number of pyridine rings is 1. The van der Waals surface area contributed by atoms with Crippen molar-refractivity contribution in [1.82, 2.24) is 4.98 Å². The van der Waals surface area contributed by atoms with Crippen LogP contribution in [0.2, 0.25) is 0 Å². The summed E-state index contributed by atoms with van der Waals surface area (Å²) in [5.74, 6) is 0.688. The Hall–Kier alpha value is -3.34. The number of amides is 1. The van der Waals surface area contributed by atoms with Crippen molar-refractivity contribution >= 4 is 11.9 Å². The van der Waals surface area contributed by atoms with E-state index in [1.54, 1.807) is 31.4 Å². The van der Waals surface area contributed by atoms with Crippen molar-refractivity contribution in [3.8, 4) is 23.1 Å². The van der Waals surface area contributed by atoms with Gasteiger partial charge >= 0.3 is 6.09 Å². The minimum Gasteiger partial charge on any atom is -0.497 e. The van der Waals surface area contributed by atoms with Gasteiger partial charge in [-0.2, -0.15) is 5.26 Å². The third-order valence-corrected chi connectivity index (χ3v) is 4.46. The summed E-state index contributed by atoms with van der Waals surface area (Å²) in [4.78, 5) is 17.6. The summed E-state index contributed by atoms with van der Waals surface area (Å²) in [6, 6.07) is 9.69. The van der Waals surface area contributed by atoms with Crippen LogP contribution in [0.4, 0.5) is 15.0 Å². The fourth-order valence-corrected chi connectivity index (χ4v) is 3.05. The standard InChI is InChI=1S/C19H19FN4O3/c1-26-15-9-17(12-2-3-13(11-21)16(20)8-12)23-18(10-15)24-6-4-14(5-7-24)27-19(22)25/h2-3,8-10,14H,4-7H2,1H3,(H2,22,25). The fourth-order valence-electron chi connectivity index (χ4n) is 3.05. The van der Waals surface area contributed by atoms with Gasteiger partial charge in [0.2, 0.25) is 0 Å². The van der Waals surface area contributed by atoms with Gasteiger partial charge in [0.05, 0.1) is 18.4 Å². The molecule has 3 rings (SSSR count). The van der Waals surface area contributed by atoms with Gasteiger partial charge in [0.25, 0.3) is 0 Å². The number of ether oxygens (including phenoxy) is 2. The maximum absolute atomic E-state index is 14.0. The van der Waals surface area contributed by atoms with Gasteiger partial charge in [-0.15, -0.1) is 0 Å². The summed E-state index contributed by atoms with van der Waals surface area (Å²) in [6.07, 6.45) is 0.320. The zero-order chi connectivity index (χ0) is 19.4. The first-order valence-corrected chi connectivity index (χ1v) is 8.47. The smallest absolute Gasteiger partial charge is 0.404 e. The molecule has 0 unspecified atom stereocenters. The maximum atomic E-state index is 14.0. The number of nitriles is 1. The van der Waals surface area contributed by atoms with E-state index < -0.39 is 11.9 Å². The van der Waals surface area contributed by atoms with E-state index in [9.17, 15) is 9.18 Å². The molecule has 1 saturated heterocycles. The maximum Gasteiger partial charge on any atom is 0.404 e. The summed E-state index contributed by atoms with van der Waals surface area (Å²) in [7, 11) is 1.55. The lowest BCUT2D eigenvalue weighted by Gasteiger charge is -2.32. The van der Waals surface area contributed by atoms with Crippen molar-refractivity contribution in [3.63, 3.8) is 0 Å². The Bertz CT molecular complexity index is 889. The molecule has 1 aliphatic rings. The first kappa shape index (κ1) is 18.5. The summed E-state index contributed by atoms with van der Waals surface area (Å²) < 4.78 is 24.4. The molecule has 1 amide bonds. The number of hydrogen-bond donors (Lipinski definition) is 1. The molecule has 8 heteroatoms. The predicted octanol–water partition coefficient (Wildman–Crippen LogP) is 2.83. The van der Waals surface area contributed by atoms with Crippen LogP contribution >= 0.6 is 0 Å². The van der Waals surface area contributed by atoms with Crippen LogP contribution in [-0.4, -0.2) is 37.4 Å². The molecule has 0 radical (unpaired) electrons. The highest BCUT2D eigenvalue weighted by Crippen LogP contribution is 2.29. The first-order valence-electron chi connectivity index (χ1n) is 8.47. The molecular weight excluding hydrogens is 351 g/mol. The van der Waals surface area contributed by atoms with E-state index in [2.05, 4.69) is 4.98 Å². The molecule has 1 aliphatic heterocycles. The lowest BCUT2D eigenvalue weighted by molar-refractivity contribution is 0.0911. The molecule has 0 aliphatic carbocycles. The predicted molar refractivity (Wildman–Crippen MR) is 96.8 cm³/mol. The van der Waals surface area contributed by atoms with Crippen molar-refractivity contribution in [3.05, 3.63) is 41.7 Å². The van der Waals surface area contributed by atoms with E-state index in [0.29, 0.717) is 48.8 Å². The van der Waals surface area contributed by atoms with Crippen molar-refractivity contribution in [2.75, 3.05) is 25.1 Å². The largest absolute Gasteiger partial charge is 0.497 e. The van der Waals surface area contributed by atoms with Crippen LogP contribution in [0.15, 0.2) is 30.3 Å². The average molecular weight is 370 g/mol. The van der Waals surface area contributed by atoms with Gasteiger partial charge in [0.1, 0.15) is 29.6 Å². The van der Waals surface area contributed by atoms with E-state index in [1.165, 1.54) is 12.1 Å². The summed E-state index contributed by atoms with van der Waals surface area (Å²) in [5.41, 5.74) is 6.15. The molecule has 0 bridgehead atoms. The molecule has 2 heterocycles. The van der Waals surface area contributed by atoms with E-state index in [-0.39, 0.29) is 11.7 Å². The lowest BCUT2D eigenvalue weighted by Crippen LogP contribution is -2.39. The molecule has 0 spiro atoms. The van der Waals surface area contributed by atoms with Gasteiger partial charge in [-0.1, -0.05) is 6.07 Å². The number of primary amides is 1. The Labute approximate surface area is 156 Å². The highest BCUT2D eigenvalue weighted by atomic mass is 19.1. The minimum absolute atomic E-state index is 0.0154. The van der Waals surface area contributed by atoms with Gasteiger partial charge in [-0.3, -0.25) is 0 Å². The molecule has 1 fully saturated rings. The zero-order valence-corrected chi connectivity index (χ0v) is 14.8. The number of nitrogens with zero attached hydrogens (tertiary/aromatic N) is 3. The Balaban J connectivity index is 1.85. The molecule has 27 heavy (non-hydrogen) atoms. The Morgan fingerprint density at radius 1 is 1.33 bits per heavy atom. The molecule has 2 N–H and O–H groups in total. The number of carbonyl (C=O) groups is 1. The topological polar surface area (TPSA) is 101 Å². The van der Waals surface area contributed by atoms with Gasteiger partial charge in [0.15, 0.2) is 0 Å². The second-order valence-electron chi connectivity index (χ2n) is 6.18. The first-order chi connectivity index (χ1) is 13.0. The van der Waals surface area contributed by atoms with Crippen LogP contribution in [0.5, 0.6) is 5.75 Å². The molecule has 1 aromatic heterocycles. The van der Waals surface area contributed by atoms with Gasteiger partial charge in [0, 0.05) is 43.6 Å². The summed E-state index contributed by atoms with van der Waals surface area (Å²) in [5, 5.41) is 8.88. The van der Waals surface area contributed by atoms with Crippen molar-refractivity contribution in [1.29, 1.82) is 5.26 Å². The SMILES string of the molecule is COc1cc(-c2ccc(C#N)c(F)c2)nc(N2CCC(OC(N)=O)CC2)c1. The van der Waals surface area contributed by atoms with Crippen molar-refractivity contribution in [2.45, 2.75) is 18.9 Å². The van der Waals surface area contributed by atoms with Crippen LogP contribution in [0, 0.1) is 17.1 Å². The number of benzene rings is 1. The zero-order valence-electron chi connectivity index (χ0n) is 14.8. The second-order valence-corrected chi connectivity index (χ2v) is 6.18. The lowest BCUT2D eigenvalue weighted by atomic mass is 10.1. The molecule has 0 atom stereocenters. The number of hydrogen-bond acceptors (Lipinski definition) is 6. The van der Waals surface area contributed by atoms with E-state index >= 15 is 0 Å². The van der Waals surface area contributed by atoms with Crippen molar-refractivity contribution in [2.24, 2.45) is 5.73 Å². The number of piperidine rings is 1. The quantitative estimate of drug-likeness (QED) is 0.888. The molecule has 140 valence electrons. The van der Waals surface area contributed by atoms with E-state index in [1.807, 2.05) is 4.90 Å². The van der Waals surface area contributed by atoms with Crippen molar-refractivity contribution < 1.29 is 18.7 Å². The number of carbonyl (C=O) groups excluding carboxylic acids is 1. The average Bonchev–Trinajstić information content (AvgIpc) is 2.67. The van der Waals surface area contributed by atoms with Crippen LogP contribution < -0.4 is 15.4 Å². The fraction of sp³-hybridized carbons (Fsp3) is 0.316. The van der Waals surface area contributed by atoms with E-state index in [4.69, 9.17) is 20.5 Å². The number of methoxy groups -OCH3 is 1. The van der Waals surface area contributed by atoms with Gasteiger partial charge < -0.3 is 20.1 Å². The van der Waals surface area contributed by atoms with Crippen LogP contribution in [-0.2, 0) is 4.74 Å². The molecule has 7 nitrogen and oxygen atoms in total. The number of halogens is 1. The van der Waals surface area contributed by atoms with Crippen LogP contribution in [0.3, 0.4) is 0 Å². The second kappa shape index (κ2) is 7.91.